The van der Waals surface area contributed by atoms with Gasteiger partial charge in [0.2, 0.25) is 5.91 Å². The maximum Gasteiger partial charge on any atom is 0.405 e. The summed E-state index contributed by atoms with van der Waals surface area (Å²) < 4.78 is 60.1. The summed E-state index contributed by atoms with van der Waals surface area (Å²) in [7, 11) is -2.01. The van der Waals surface area contributed by atoms with Gasteiger partial charge in [-0.3, -0.25) is 9.00 Å². The number of alkyl halides is 3. The molecule has 1 atom stereocenters. The Kier molecular flexibility index (Phi) is 4.87. The van der Waals surface area contributed by atoms with Crippen LogP contribution in [0.1, 0.15) is 0 Å². The molecule has 0 saturated heterocycles. The van der Waals surface area contributed by atoms with Gasteiger partial charge < -0.3 is 11.1 Å². The van der Waals surface area contributed by atoms with Gasteiger partial charge in [0.25, 0.3) is 0 Å². The van der Waals surface area contributed by atoms with Crippen molar-refractivity contribution in [1.82, 2.24) is 5.32 Å². The number of nitrogens with two attached hydrogens (primary N) is 1. The minimum Gasteiger partial charge on any atom is -0.398 e. The number of amides is 1. The van der Waals surface area contributed by atoms with Gasteiger partial charge in [0.15, 0.2) is 0 Å². The number of carbonyl (C=O) groups excluding carboxylic acids is 1. The van der Waals surface area contributed by atoms with Crippen molar-refractivity contribution >= 4 is 22.4 Å². The number of benzene rings is 1. The van der Waals surface area contributed by atoms with Gasteiger partial charge in [-0.1, -0.05) is 0 Å². The average Bonchev–Trinajstić information content (AvgIpc) is 2.28. The molecule has 106 valence electrons. The topological polar surface area (TPSA) is 72.2 Å². The van der Waals surface area contributed by atoms with Gasteiger partial charge in [-0.15, -0.1) is 0 Å². The Labute approximate surface area is 108 Å². The largest absolute Gasteiger partial charge is 0.405 e. The van der Waals surface area contributed by atoms with Crippen molar-refractivity contribution in [2.75, 3.05) is 18.0 Å². The van der Waals surface area contributed by atoms with Crippen LogP contribution in [-0.2, 0) is 15.6 Å². The van der Waals surface area contributed by atoms with Crippen LogP contribution in [0.2, 0.25) is 0 Å². The molecule has 0 bridgehead atoms. The second-order valence-corrected chi connectivity index (χ2v) is 4.98. The Morgan fingerprint density at radius 3 is 2.58 bits per heavy atom. The van der Waals surface area contributed by atoms with Crippen LogP contribution in [0.4, 0.5) is 23.2 Å². The van der Waals surface area contributed by atoms with E-state index in [2.05, 4.69) is 0 Å². The van der Waals surface area contributed by atoms with E-state index in [0.29, 0.717) is 0 Å². The van der Waals surface area contributed by atoms with Crippen LogP contribution >= 0.6 is 0 Å². The van der Waals surface area contributed by atoms with Crippen LogP contribution in [0.25, 0.3) is 0 Å². The third-order valence-electron chi connectivity index (χ3n) is 1.97. The molecular formula is C10H10F4N2O2S. The van der Waals surface area contributed by atoms with Crippen LogP contribution in [0, 0.1) is 5.82 Å². The Bertz CT molecular complexity index is 505. The molecule has 4 nitrogen and oxygen atoms in total. The van der Waals surface area contributed by atoms with Crippen molar-refractivity contribution in [3.8, 4) is 0 Å². The van der Waals surface area contributed by atoms with Crippen molar-refractivity contribution in [3.05, 3.63) is 24.0 Å². The zero-order valence-corrected chi connectivity index (χ0v) is 10.3. The lowest BCUT2D eigenvalue weighted by Gasteiger charge is -2.09. The predicted octanol–water partition coefficient (Wildman–Crippen LogP) is 1.19. The SMILES string of the molecule is Nc1ccc(F)cc1S(=O)CC(=O)NCC(F)(F)F. The number of halogens is 4. The van der Waals surface area contributed by atoms with Gasteiger partial charge in [-0.05, 0) is 18.2 Å². The van der Waals surface area contributed by atoms with E-state index in [4.69, 9.17) is 5.73 Å². The number of nitrogens with one attached hydrogen (secondary N) is 1. The smallest absolute Gasteiger partial charge is 0.398 e. The molecule has 0 fully saturated rings. The fourth-order valence-electron chi connectivity index (χ4n) is 1.15. The average molecular weight is 298 g/mol. The van der Waals surface area contributed by atoms with E-state index in [1.807, 2.05) is 0 Å². The molecule has 0 aliphatic carbocycles. The van der Waals surface area contributed by atoms with E-state index < -0.39 is 41.0 Å². The molecule has 1 unspecified atom stereocenters. The zero-order chi connectivity index (χ0) is 14.6. The highest BCUT2D eigenvalue weighted by molar-refractivity contribution is 7.86. The lowest BCUT2D eigenvalue weighted by atomic mass is 10.3. The number of hydrogen-bond donors (Lipinski definition) is 2. The van der Waals surface area contributed by atoms with Crippen molar-refractivity contribution < 1.29 is 26.6 Å². The van der Waals surface area contributed by atoms with Gasteiger partial charge in [0.05, 0.1) is 15.7 Å². The summed E-state index contributed by atoms with van der Waals surface area (Å²) in [5, 5.41) is 1.57. The van der Waals surface area contributed by atoms with Gasteiger partial charge in [0.1, 0.15) is 18.1 Å². The van der Waals surface area contributed by atoms with Crippen molar-refractivity contribution in [1.29, 1.82) is 0 Å². The van der Waals surface area contributed by atoms with Gasteiger partial charge in [-0.2, -0.15) is 13.2 Å². The van der Waals surface area contributed by atoms with Gasteiger partial charge in [0, 0.05) is 5.69 Å². The van der Waals surface area contributed by atoms with Crippen molar-refractivity contribution in [2.45, 2.75) is 11.1 Å². The number of rotatable bonds is 4. The van der Waals surface area contributed by atoms with E-state index in [-0.39, 0.29) is 10.6 Å². The normalized spacial score (nSPS) is 13.1. The molecule has 3 N–H and O–H groups in total. The summed E-state index contributed by atoms with van der Waals surface area (Å²) >= 11 is 0. The molecule has 0 aromatic heterocycles. The fourth-order valence-corrected chi connectivity index (χ4v) is 2.22. The molecule has 0 aliphatic rings. The summed E-state index contributed by atoms with van der Waals surface area (Å²) in [5.41, 5.74) is 5.44. The molecule has 19 heavy (non-hydrogen) atoms. The maximum atomic E-state index is 12.9. The summed E-state index contributed by atoms with van der Waals surface area (Å²) in [4.78, 5) is 11.0. The molecule has 1 amide bonds. The Hall–Kier alpha value is -1.64. The van der Waals surface area contributed by atoms with E-state index >= 15 is 0 Å². The number of carbonyl (C=O) groups is 1. The summed E-state index contributed by atoms with van der Waals surface area (Å²) in [6.45, 7) is -1.51. The fraction of sp³-hybridized carbons (Fsp3) is 0.300. The molecule has 1 aromatic rings. The molecule has 9 heteroatoms. The van der Waals surface area contributed by atoms with Crippen LogP contribution in [0.3, 0.4) is 0 Å². The number of hydrogen-bond acceptors (Lipinski definition) is 3. The Morgan fingerprint density at radius 1 is 1.37 bits per heavy atom. The van der Waals surface area contributed by atoms with E-state index in [1.54, 1.807) is 5.32 Å². The number of anilines is 1. The maximum absolute atomic E-state index is 12.9. The van der Waals surface area contributed by atoms with Gasteiger partial charge in [-0.25, -0.2) is 4.39 Å². The Balaban J connectivity index is 2.64. The molecule has 0 saturated carbocycles. The minimum absolute atomic E-state index is 0.00311. The third-order valence-corrected chi connectivity index (χ3v) is 3.34. The first kappa shape index (κ1) is 15.4. The summed E-state index contributed by atoms with van der Waals surface area (Å²) in [6, 6.07) is 3.08. The van der Waals surface area contributed by atoms with Crippen LogP contribution in [0.5, 0.6) is 0 Å². The second kappa shape index (κ2) is 6.00. The molecule has 0 radical (unpaired) electrons. The Morgan fingerprint density at radius 2 is 2.00 bits per heavy atom. The molecule has 0 heterocycles. The molecule has 0 aliphatic heterocycles. The standard InChI is InChI=1S/C10H10F4N2O2S/c11-6-1-2-7(15)8(3-6)19(18)4-9(17)16-5-10(12,13)14/h1-3H,4-5,15H2,(H,16,17). The van der Waals surface area contributed by atoms with Crippen molar-refractivity contribution in [2.24, 2.45) is 0 Å². The van der Waals surface area contributed by atoms with Crippen LogP contribution < -0.4 is 11.1 Å². The third kappa shape index (κ3) is 5.25. The number of nitrogen functional groups attached to an aromatic ring is 1. The lowest BCUT2D eigenvalue weighted by molar-refractivity contribution is -0.136. The minimum atomic E-state index is -4.55. The lowest BCUT2D eigenvalue weighted by Crippen LogP contribution is -2.36. The summed E-state index contributed by atoms with van der Waals surface area (Å²) in [5.74, 6) is -2.48. The van der Waals surface area contributed by atoms with Crippen molar-refractivity contribution in [3.63, 3.8) is 0 Å². The zero-order valence-electron chi connectivity index (χ0n) is 9.46. The second-order valence-electron chi connectivity index (χ2n) is 3.56. The highest BCUT2D eigenvalue weighted by atomic mass is 32.2. The van der Waals surface area contributed by atoms with E-state index in [1.165, 1.54) is 0 Å². The van der Waals surface area contributed by atoms with E-state index in [0.717, 1.165) is 18.2 Å². The molecule has 1 aromatic carbocycles. The molecule has 0 spiro atoms. The molecular weight excluding hydrogens is 288 g/mol. The highest BCUT2D eigenvalue weighted by Crippen LogP contribution is 2.18. The van der Waals surface area contributed by atoms with Crippen LogP contribution in [-0.4, -0.2) is 28.6 Å². The van der Waals surface area contributed by atoms with E-state index in [9.17, 15) is 26.6 Å². The first-order chi connectivity index (χ1) is 8.69. The predicted molar refractivity (Wildman–Crippen MR) is 61.2 cm³/mol. The van der Waals surface area contributed by atoms with Gasteiger partial charge >= 0.3 is 6.18 Å². The molecule has 1 rings (SSSR count). The highest BCUT2D eigenvalue weighted by Gasteiger charge is 2.28. The monoisotopic (exact) mass is 298 g/mol. The summed E-state index contributed by atoms with van der Waals surface area (Å²) in [6.07, 6.45) is -4.55. The first-order valence-corrected chi connectivity index (χ1v) is 6.28. The first-order valence-electron chi connectivity index (χ1n) is 4.96. The quantitative estimate of drug-likeness (QED) is 0.648. The van der Waals surface area contributed by atoms with Crippen LogP contribution in [0.15, 0.2) is 23.1 Å².